The number of halogens is 1. The third-order valence-electron chi connectivity index (χ3n) is 7.67. The first-order valence-electron chi connectivity index (χ1n) is 13.1. The van der Waals surface area contributed by atoms with Gasteiger partial charge in [-0.2, -0.15) is 5.10 Å². The van der Waals surface area contributed by atoms with Crippen LogP contribution in [-0.2, 0) is 4.79 Å². The largest absolute Gasteiger partial charge is 0.508 e. The average molecular weight is 593 g/mol. The Balaban J connectivity index is 1.28. The van der Waals surface area contributed by atoms with Gasteiger partial charge in [-0.1, -0.05) is 28.1 Å². The summed E-state index contributed by atoms with van der Waals surface area (Å²) < 4.78 is 0.936. The first-order chi connectivity index (χ1) is 18.7. The standard InChI is InChI=1S/C30H34BrN5O3/c1-21-32-36(30(2,3)29(39)22-4-6-23(31)7-5-22)28(20-37)35(21)26-10-8-24(9-11-26)33-16-18-34(19-17-33)25-12-14-27(38)15-13-25/h4-15,20,28-29,38-39H,16-19H2,1-3H3. The van der Waals surface area contributed by atoms with Gasteiger partial charge in [0.15, 0.2) is 12.5 Å². The van der Waals surface area contributed by atoms with Crippen molar-refractivity contribution < 1.29 is 15.0 Å². The van der Waals surface area contributed by atoms with Crippen molar-refractivity contribution in [2.24, 2.45) is 5.10 Å². The molecule has 9 heteroatoms. The molecule has 39 heavy (non-hydrogen) atoms. The van der Waals surface area contributed by atoms with Gasteiger partial charge in [0.25, 0.3) is 0 Å². The molecule has 0 spiro atoms. The molecule has 0 aromatic heterocycles. The minimum absolute atomic E-state index is 0.278. The summed E-state index contributed by atoms with van der Waals surface area (Å²) in [4.78, 5) is 19.0. The lowest BCUT2D eigenvalue weighted by Crippen LogP contribution is -2.53. The Morgan fingerprint density at radius 3 is 1.87 bits per heavy atom. The van der Waals surface area contributed by atoms with E-state index in [2.05, 4.69) is 37.9 Å². The van der Waals surface area contributed by atoms with Gasteiger partial charge in [0.05, 0.1) is 5.54 Å². The van der Waals surface area contributed by atoms with Crippen molar-refractivity contribution in [1.29, 1.82) is 0 Å². The van der Waals surface area contributed by atoms with Crippen LogP contribution in [0.5, 0.6) is 5.75 Å². The fourth-order valence-corrected chi connectivity index (χ4v) is 5.64. The predicted molar refractivity (Wildman–Crippen MR) is 159 cm³/mol. The fraction of sp³-hybridized carbons (Fsp3) is 0.333. The Morgan fingerprint density at radius 1 is 0.872 bits per heavy atom. The number of anilines is 3. The minimum Gasteiger partial charge on any atom is -0.508 e. The number of aliphatic hydroxyl groups is 1. The minimum atomic E-state index is -0.854. The van der Waals surface area contributed by atoms with Crippen LogP contribution in [0, 0.1) is 0 Å². The maximum Gasteiger partial charge on any atom is 0.180 e. The van der Waals surface area contributed by atoms with Crippen LogP contribution >= 0.6 is 15.9 Å². The number of phenolic OH excluding ortho intramolecular Hbond substituents is 1. The Kier molecular flexibility index (Phi) is 7.55. The number of rotatable bonds is 7. The summed E-state index contributed by atoms with van der Waals surface area (Å²) >= 11 is 3.44. The van der Waals surface area contributed by atoms with E-state index in [1.807, 2.05) is 74.2 Å². The molecule has 2 aliphatic heterocycles. The third kappa shape index (κ3) is 5.33. The van der Waals surface area contributed by atoms with E-state index in [0.29, 0.717) is 5.84 Å². The summed E-state index contributed by atoms with van der Waals surface area (Å²) in [6.07, 6.45) is -0.649. The monoisotopic (exact) mass is 591 g/mol. The zero-order valence-corrected chi connectivity index (χ0v) is 24.0. The smallest absolute Gasteiger partial charge is 0.180 e. The number of amidine groups is 1. The van der Waals surface area contributed by atoms with Gasteiger partial charge in [-0.15, -0.1) is 0 Å². The number of phenols is 1. The summed E-state index contributed by atoms with van der Waals surface area (Å²) in [6, 6.07) is 23.1. The zero-order chi connectivity index (χ0) is 27.7. The van der Waals surface area contributed by atoms with Gasteiger partial charge < -0.3 is 20.0 Å². The van der Waals surface area contributed by atoms with Gasteiger partial charge >= 0.3 is 0 Å². The number of nitrogens with zero attached hydrogens (tertiary/aromatic N) is 5. The molecule has 2 aliphatic rings. The fourth-order valence-electron chi connectivity index (χ4n) is 5.38. The van der Waals surface area contributed by atoms with Crippen LogP contribution in [0.3, 0.4) is 0 Å². The number of aromatic hydroxyl groups is 1. The molecule has 8 nitrogen and oxygen atoms in total. The van der Waals surface area contributed by atoms with E-state index in [0.717, 1.165) is 59.6 Å². The van der Waals surface area contributed by atoms with Crippen molar-refractivity contribution in [3.63, 3.8) is 0 Å². The van der Waals surface area contributed by atoms with Gasteiger partial charge in [0.2, 0.25) is 0 Å². The van der Waals surface area contributed by atoms with Gasteiger partial charge in [-0.25, -0.2) is 0 Å². The summed E-state index contributed by atoms with van der Waals surface area (Å²) in [6.45, 7) is 9.24. The highest BCUT2D eigenvalue weighted by Gasteiger charge is 2.45. The van der Waals surface area contributed by atoms with E-state index in [4.69, 9.17) is 5.10 Å². The van der Waals surface area contributed by atoms with Crippen molar-refractivity contribution in [1.82, 2.24) is 5.01 Å². The van der Waals surface area contributed by atoms with Crippen molar-refractivity contribution >= 4 is 45.1 Å². The van der Waals surface area contributed by atoms with Crippen LogP contribution in [-0.4, -0.2) is 65.2 Å². The van der Waals surface area contributed by atoms with Crippen molar-refractivity contribution in [3.05, 3.63) is 82.8 Å². The second-order valence-corrected chi connectivity index (χ2v) is 11.4. The quantitative estimate of drug-likeness (QED) is 0.375. The van der Waals surface area contributed by atoms with Gasteiger partial charge in [0, 0.05) is 47.7 Å². The number of carbonyl (C=O) groups excluding carboxylic acids is 1. The number of aldehydes is 1. The molecule has 204 valence electrons. The van der Waals surface area contributed by atoms with Gasteiger partial charge in [-0.3, -0.25) is 14.7 Å². The predicted octanol–water partition coefficient (Wildman–Crippen LogP) is 4.97. The molecule has 3 aromatic rings. The number of carbonyl (C=O) groups is 1. The molecule has 3 aromatic carbocycles. The molecular formula is C30H34BrN5O3. The lowest BCUT2D eigenvalue weighted by atomic mass is 9.90. The van der Waals surface area contributed by atoms with Crippen molar-refractivity contribution in [3.8, 4) is 5.75 Å². The molecule has 0 saturated carbocycles. The Hall–Kier alpha value is -3.56. The number of aliphatic hydroxyl groups excluding tert-OH is 1. The molecule has 1 fully saturated rings. The summed E-state index contributed by atoms with van der Waals surface area (Å²) in [7, 11) is 0. The molecule has 2 heterocycles. The number of hydrogen-bond acceptors (Lipinski definition) is 8. The molecule has 0 amide bonds. The molecule has 2 unspecified atom stereocenters. The number of hydrogen-bond donors (Lipinski definition) is 2. The Morgan fingerprint density at radius 2 is 1.36 bits per heavy atom. The van der Waals surface area contributed by atoms with Gasteiger partial charge in [0.1, 0.15) is 17.7 Å². The summed E-state index contributed by atoms with van der Waals surface area (Å²) in [5.41, 5.74) is 3.03. The van der Waals surface area contributed by atoms with Gasteiger partial charge in [-0.05, 0) is 87.0 Å². The topological polar surface area (TPSA) is 82.9 Å². The highest BCUT2D eigenvalue weighted by atomic mass is 79.9. The van der Waals surface area contributed by atoms with Crippen LogP contribution in [0.4, 0.5) is 17.1 Å². The number of hydrazone groups is 1. The van der Waals surface area contributed by atoms with E-state index < -0.39 is 17.8 Å². The SMILES string of the molecule is CC1=NN(C(C)(C)C(O)c2ccc(Br)cc2)C(C=O)N1c1ccc(N2CCN(c3ccc(O)cc3)CC2)cc1. The zero-order valence-electron chi connectivity index (χ0n) is 22.4. The van der Waals surface area contributed by atoms with E-state index >= 15 is 0 Å². The molecule has 5 rings (SSSR count). The first-order valence-corrected chi connectivity index (χ1v) is 13.9. The van der Waals surface area contributed by atoms with E-state index in [9.17, 15) is 15.0 Å². The number of benzene rings is 3. The lowest BCUT2D eigenvalue weighted by Gasteiger charge is -2.41. The number of piperazine rings is 1. The third-order valence-corrected chi connectivity index (χ3v) is 8.20. The molecule has 0 aliphatic carbocycles. The summed E-state index contributed by atoms with van der Waals surface area (Å²) in [5.74, 6) is 0.971. The Labute approximate surface area is 237 Å². The van der Waals surface area contributed by atoms with Crippen LogP contribution in [0.25, 0.3) is 0 Å². The molecule has 0 radical (unpaired) electrons. The van der Waals surface area contributed by atoms with Crippen LogP contribution < -0.4 is 14.7 Å². The van der Waals surface area contributed by atoms with E-state index in [1.54, 1.807) is 17.1 Å². The van der Waals surface area contributed by atoms with Crippen molar-refractivity contribution in [2.45, 2.75) is 38.6 Å². The first kappa shape index (κ1) is 27.0. The molecule has 2 N–H and O–H groups in total. The average Bonchev–Trinajstić information content (AvgIpc) is 3.30. The van der Waals surface area contributed by atoms with Crippen LogP contribution in [0.2, 0.25) is 0 Å². The normalized spacial score (nSPS) is 18.8. The molecular weight excluding hydrogens is 558 g/mol. The van der Waals surface area contributed by atoms with E-state index in [-0.39, 0.29) is 5.75 Å². The maximum atomic E-state index is 12.4. The second kappa shape index (κ2) is 10.9. The molecule has 2 atom stereocenters. The van der Waals surface area contributed by atoms with Crippen LogP contribution in [0.1, 0.15) is 32.4 Å². The van der Waals surface area contributed by atoms with Crippen LogP contribution in [0.15, 0.2) is 82.4 Å². The van der Waals surface area contributed by atoms with Crippen molar-refractivity contribution in [2.75, 3.05) is 40.9 Å². The second-order valence-electron chi connectivity index (χ2n) is 10.5. The highest BCUT2D eigenvalue weighted by molar-refractivity contribution is 9.10. The molecule has 0 bridgehead atoms. The highest BCUT2D eigenvalue weighted by Crippen LogP contribution is 2.38. The Bertz CT molecular complexity index is 1320. The lowest BCUT2D eigenvalue weighted by molar-refractivity contribution is -0.116. The van der Waals surface area contributed by atoms with E-state index in [1.165, 1.54) is 0 Å². The molecule has 1 saturated heterocycles. The maximum absolute atomic E-state index is 12.4. The summed E-state index contributed by atoms with van der Waals surface area (Å²) in [5, 5.41) is 27.3.